The molecule has 2 aromatic carbocycles. The number of furan rings is 1. The van der Waals surface area contributed by atoms with E-state index in [2.05, 4.69) is 12.1 Å². The molecule has 0 amide bonds. The summed E-state index contributed by atoms with van der Waals surface area (Å²) in [5.41, 5.74) is 5.71. The lowest BCUT2D eigenvalue weighted by Gasteiger charge is -2.03. The Morgan fingerprint density at radius 1 is 0.857 bits per heavy atom. The summed E-state index contributed by atoms with van der Waals surface area (Å²) >= 11 is 0. The van der Waals surface area contributed by atoms with E-state index in [9.17, 15) is 4.79 Å². The van der Waals surface area contributed by atoms with Crippen molar-refractivity contribution in [2.45, 2.75) is 27.7 Å². The first-order valence-electron chi connectivity index (χ1n) is 7.08. The number of hydrogen-bond donors (Lipinski definition) is 0. The van der Waals surface area contributed by atoms with Crippen molar-refractivity contribution in [3.8, 4) is 0 Å². The van der Waals surface area contributed by atoms with Crippen molar-refractivity contribution in [1.82, 2.24) is 0 Å². The Morgan fingerprint density at radius 2 is 1.52 bits per heavy atom. The van der Waals surface area contributed by atoms with E-state index >= 15 is 0 Å². The summed E-state index contributed by atoms with van der Waals surface area (Å²) in [7, 11) is 0. The van der Waals surface area contributed by atoms with E-state index in [0.717, 1.165) is 33.2 Å². The lowest BCUT2D eigenvalue weighted by atomic mass is 10.0. The van der Waals surface area contributed by atoms with Gasteiger partial charge in [-0.05, 0) is 52.0 Å². The van der Waals surface area contributed by atoms with Crippen LogP contribution in [0.3, 0.4) is 0 Å². The van der Waals surface area contributed by atoms with Gasteiger partial charge in [-0.2, -0.15) is 0 Å². The van der Waals surface area contributed by atoms with Gasteiger partial charge >= 0.3 is 0 Å². The summed E-state index contributed by atoms with van der Waals surface area (Å²) in [5, 5.41) is 1.02. The Morgan fingerprint density at radius 3 is 2.19 bits per heavy atom. The second-order valence-corrected chi connectivity index (χ2v) is 5.76. The molecule has 3 rings (SSSR count). The van der Waals surface area contributed by atoms with Gasteiger partial charge in [-0.25, -0.2) is 0 Å². The molecule has 2 nitrogen and oxygen atoms in total. The average molecular weight is 278 g/mol. The fraction of sp³-hybridized carbons (Fsp3) is 0.211. The summed E-state index contributed by atoms with van der Waals surface area (Å²) in [6, 6.07) is 11.9. The minimum atomic E-state index is -0.0480. The number of fused-ring (bicyclic) bond motifs is 1. The average Bonchev–Trinajstić information content (AvgIpc) is 2.74. The van der Waals surface area contributed by atoms with E-state index in [4.69, 9.17) is 4.42 Å². The maximum atomic E-state index is 12.7. The highest BCUT2D eigenvalue weighted by atomic mass is 16.3. The number of carbonyl (C=O) groups excluding carboxylic acids is 1. The third-order valence-electron chi connectivity index (χ3n) is 3.78. The topological polar surface area (TPSA) is 30.2 Å². The zero-order valence-corrected chi connectivity index (χ0v) is 12.8. The Balaban J connectivity index is 2.15. The van der Waals surface area contributed by atoms with Crippen LogP contribution in [-0.2, 0) is 0 Å². The summed E-state index contributed by atoms with van der Waals surface area (Å²) in [6.45, 7) is 7.98. The predicted molar refractivity (Wildman–Crippen MR) is 85.0 cm³/mol. The third-order valence-corrected chi connectivity index (χ3v) is 3.78. The molecule has 0 N–H and O–H groups in total. The number of rotatable bonds is 2. The Hall–Kier alpha value is -2.35. The highest BCUT2D eigenvalue weighted by Gasteiger charge is 2.19. The molecule has 0 atom stereocenters. The van der Waals surface area contributed by atoms with E-state index in [1.165, 1.54) is 0 Å². The van der Waals surface area contributed by atoms with Crippen LogP contribution < -0.4 is 0 Å². The zero-order chi connectivity index (χ0) is 15.1. The van der Waals surface area contributed by atoms with Crippen molar-refractivity contribution in [2.24, 2.45) is 0 Å². The van der Waals surface area contributed by atoms with Crippen LogP contribution in [0, 0.1) is 27.7 Å². The van der Waals surface area contributed by atoms with Crippen LogP contribution in [0.15, 0.2) is 40.8 Å². The fourth-order valence-electron chi connectivity index (χ4n) is 2.79. The van der Waals surface area contributed by atoms with Crippen molar-refractivity contribution in [3.63, 3.8) is 0 Å². The summed E-state index contributed by atoms with van der Waals surface area (Å²) in [4.78, 5) is 12.7. The van der Waals surface area contributed by atoms with E-state index in [1.807, 2.05) is 52.0 Å². The van der Waals surface area contributed by atoms with Gasteiger partial charge in [-0.3, -0.25) is 4.79 Å². The molecule has 0 aliphatic carbocycles. The molecule has 2 heteroatoms. The summed E-state index contributed by atoms with van der Waals surface area (Å²) in [6.07, 6.45) is 0. The molecule has 0 saturated heterocycles. The smallest absolute Gasteiger partial charge is 0.228 e. The molecule has 3 aromatic rings. The van der Waals surface area contributed by atoms with Crippen molar-refractivity contribution in [3.05, 3.63) is 70.0 Å². The van der Waals surface area contributed by atoms with Gasteiger partial charge in [0.2, 0.25) is 5.78 Å². The number of hydrogen-bond acceptors (Lipinski definition) is 2. The molecule has 0 bridgehead atoms. The van der Waals surface area contributed by atoms with Crippen molar-refractivity contribution in [1.29, 1.82) is 0 Å². The standard InChI is InChI=1S/C19H18O2/c1-11-5-6-17-16(10-11)14(4)19(21-17)18(20)15-8-12(2)7-13(3)9-15/h5-10H,1-4H3. The molecule has 0 spiro atoms. The lowest BCUT2D eigenvalue weighted by Crippen LogP contribution is -2.02. The highest BCUT2D eigenvalue weighted by Crippen LogP contribution is 2.28. The fourth-order valence-corrected chi connectivity index (χ4v) is 2.79. The Bertz CT molecular complexity index is 833. The van der Waals surface area contributed by atoms with Crippen LogP contribution in [0.2, 0.25) is 0 Å². The summed E-state index contributed by atoms with van der Waals surface area (Å²) < 4.78 is 5.80. The first-order chi connectivity index (χ1) is 9.95. The number of benzene rings is 2. The highest BCUT2D eigenvalue weighted by molar-refractivity contribution is 6.10. The molecule has 1 aromatic heterocycles. The molecular formula is C19H18O2. The van der Waals surface area contributed by atoms with Crippen molar-refractivity contribution < 1.29 is 9.21 Å². The molecular weight excluding hydrogens is 260 g/mol. The van der Waals surface area contributed by atoms with Gasteiger partial charge in [0, 0.05) is 16.5 Å². The van der Waals surface area contributed by atoms with Gasteiger partial charge in [0.1, 0.15) is 5.58 Å². The third kappa shape index (κ3) is 2.38. The Kier molecular flexibility index (Phi) is 3.17. The van der Waals surface area contributed by atoms with Crippen LogP contribution in [0.1, 0.15) is 38.4 Å². The first-order valence-corrected chi connectivity index (χ1v) is 7.08. The van der Waals surface area contributed by atoms with Gasteiger partial charge in [-0.15, -0.1) is 0 Å². The predicted octanol–water partition coefficient (Wildman–Crippen LogP) is 4.90. The van der Waals surface area contributed by atoms with E-state index in [0.29, 0.717) is 11.3 Å². The minimum absolute atomic E-state index is 0.0480. The van der Waals surface area contributed by atoms with E-state index < -0.39 is 0 Å². The van der Waals surface area contributed by atoms with Gasteiger partial charge in [0.05, 0.1) is 0 Å². The first kappa shape index (κ1) is 13.6. The molecule has 0 saturated carbocycles. The van der Waals surface area contributed by atoms with Gasteiger partial charge in [0.15, 0.2) is 5.76 Å². The molecule has 0 aliphatic heterocycles. The maximum absolute atomic E-state index is 12.7. The largest absolute Gasteiger partial charge is 0.452 e. The van der Waals surface area contributed by atoms with E-state index in [-0.39, 0.29) is 5.78 Å². The van der Waals surface area contributed by atoms with Crippen LogP contribution in [-0.4, -0.2) is 5.78 Å². The number of carbonyl (C=O) groups is 1. The van der Waals surface area contributed by atoms with Gasteiger partial charge in [0.25, 0.3) is 0 Å². The number of ketones is 1. The van der Waals surface area contributed by atoms with Crippen molar-refractivity contribution >= 4 is 16.8 Å². The van der Waals surface area contributed by atoms with Gasteiger partial charge < -0.3 is 4.42 Å². The molecule has 0 unspecified atom stereocenters. The van der Waals surface area contributed by atoms with Crippen LogP contribution in [0.4, 0.5) is 0 Å². The maximum Gasteiger partial charge on any atom is 0.228 e. The van der Waals surface area contributed by atoms with Gasteiger partial charge in [-0.1, -0.05) is 28.8 Å². The van der Waals surface area contributed by atoms with Crippen molar-refractivity contribution in [2.75, 3.05) is 0 Å². The SMILES string of the molecule is Cc1cc(C)cc(C(=O)c2oc3ccc(C)cc3c2C)c1. The number of aryl methyl sites for hydroxylation is 4. The molecule has 0 aliphatic rings. The molecule has 1 heterocycles. The minimum Gasteiger partial charge on any atom is -0.452 e. The summed E-state index contributed by atoms with van der Waals surface area (Å²) in [5.74, 6) is 0.397. The normalized spacial score (nSPS) is 11.0. The lowest BCUT2D eigenvalue weighted by molar-refractivity contribution is 0.101. The van der Waals surface area contributed by atoms with Crippen LogP contribution in [0.25, 0.3) is 11.0 Å². The quantitative estimate of drug-likeness (QED) is 0.624. The van der Waals surface area contributed by atoms with Crippen LogP contribution >= 0.6 is 0 Å². The molecule has 106 valence electrons. The molecule has 21 heavy (non-hydrogen) atoms. The molecule has 0 radical (unpaired) electrons. The second kappa shape index (κ2) is 4.88. The Labute approximate surface area is 124 Å². The molecule has 0 fully saturated rings. The monoisotopic (exact) mass is 278 g/mol. The van der Waals surface area contributed by atoms with Crippen LogP contribution in [0.5, 0.6) is 0 Å². The zero-order valence-electron chi connectivity index (χ0n) is 12.8. The second-order valence-electron chi connectivity index (χ2n) is 5.76. The van der Waals surface area contributed by atoms with E-state index in [1.54, 1.807) is 0 Å².